The maximum Gasteiger partial charge on any atom is 0.243 e. The van der Waals surface area contributed by atoms with Gasteiger partial charge >= 0.3 is 0 Å². The Labute approximate surface area is 121 Å². The lowest BCUT2D eigenvalue weighted by Gasteiger charge is -2.31. The molecular formula is C14H22N2O3S. The van der Waals surface area contributed by atoms with E-state index in [2.05, 4.69) is 5.32 Å². The van der Waals surface area contributed by atoms with Gasteiger partial charge in [0.25, 0.3) is 0 Å². The van der Waals surface area contributed by atoms with Gasteiger partial charge in [-0.1, -0.05) is 12.1 Å². The second-order valence-electron chi connectivity index (χ2n) is 5.10. The van der Waals surface area contributed by atoms with Gasteiger partial charge in [0.15, 0.2) is 0 Å². The van der Waals surface area contributed by atoms with Crippen molar-refractivity contribution in [3.63, 3.8) is 0 Å². The molecular weight excluding hydrogens is 276 g/mol. The van der Waals surface area contributed by atoms with E-state index in [0.29, 0.717) is 31.1 Å². The first kappa shape index (κ1) is 15.4. The number of sulfonamides is 1. The maximum absolute atomic E-state index is 12.5. The standard InChI is InChI=1S/C14H22N2O3S/c1-12-11-16(9-8-15-12)20(17,18)14-5-3-13(4-6-14)7-10-19-2/h3-6,12,15H,7-11H2,1-2H3. The summed E-state index contributed by atoms with van der Waals surface area (Å²) in [4.78, 5) is 0.368. The minimum absolute atomic E-state index is 0.194. The van der Waals surface area contributed by atoms with Gasteiger partial charge in [0.2, 0.25) is 10.0 Å². The molecule has 1 saturated heterocycles. The van der Waals surface area contributed by atoms with Gasteiger partial charge < -0.3 is 10.1 Å². The molecule has 20 heavy (non-hydrogen) atoms. The van der Waals surface area contributed by atoms with Crippen LogP contribution < -0.4 is 5.32 Å². The predicted molar refractivity (Wildman–Crippen MR) is 78.2 cm³/mol. The van der Waals surface area contributed by atoms with Crippen LogP contribution in [0.2, 0.25) is 0 Å². The third-order valence-electron chi connectivity index (χ3n) is 3.49. The normalized spacial score (nSPS) is 21.0. The molecule has 1 heterocycles. The number of nitrogens with zero attached hydrogens (tertiary/aromatic N) is 1. The summed E-state index contributed by atoms with van der Waals surface area (Å²) in [7, 11) is -1.71. The van der Waals surface area contributed by atoms with Crippen LogP contribution in [-0.4, -0.2) is 52.1 Å². The van der Waals surface area contributed by atoms with E-state index < -0.39 is 10.0 Å². The molecule has 1 aliphatic heterocycles. The first-order valence-electron chi connectivity index (χ1n) is 6.85. The molecule has 1 unspecified atom stereocenters. The number of hydrogen-bond acceptors (Lipinski definition) is 4. The zero-order chi connectivity index (χ0) is 14.6. The van der Waals surface area contributed by atoms with Gasteiger partial charge in [0, 0.05) is 32.8 Å². The maximum atomic E-state index is 12.5. The highest BCUT2D eigenvalue weighted by molar-refractivity contribution is 7.89. The third-order valence-corrected chi connectivity index (χ3v) is 5.37. The Hall–Kier alpha value is -0.950. The highest BCUT2D eigenvalue weighted by atomic mass is 32.2. The van der Waals surface area contributed by atoms with Gasteiger partial charge in [0.1, 0.15) is 0 Å². The van der Waals surface area contributed by atoms with Crippen LogP contribution in [0.15, 0.2) is 29.2 Å². The molecule has 1 aromatic carbocycles. The molecule has 2 rings (SSSR count). The monoisotopic (exact) mass is 298 g/mol. The Bertz CT molecular complexity index is 528. The summed E-state index contributed by atoms with van der Waals surface area (Å²) >= 11 is 0. The summed E-state index contributed by atoms with van der Waals surface area (Å²) in [5.74, 6) is 0. The number of hydrogen-bond donors (Lipinski definition) is 1. The molecule has 0 aliphatic carbocycles. The molecule has 0 saturated carbocycles. The van der Waals surface area contributed by atoms with E-state index in [-0.39, 0.29) is 6.04 Å². The van der Waals surface area contributed by atoms with Gasteiger partial charge in [0.05, 0.1) is 11.5 Å². The lowest BCUT2D eigenvalue weighted by molar-refractivity contribution is 0.202. The van der Waals surface area contributed by atoms with Crippen LogP contribution in [0.1, 0.15) is 12.5 Å². The van der Waals surface area contributed by atoms with Crippen LogP contribution in [-0.2, 0) is 21.2 Å². The lowest BCUT2D eigenvalue weighted by atomic mass is 10.2. The molecule has 1 aromatic rings. The Morgan fingerprint density at radius 1 is 1.35 bits per heavy atom. The van der Waals surface area contributed by atoms with Crippen LogP contribution in [0.5, 0.6) is 0 Å². The summed E-state index contributed by atoms with van der Waals surface area (Å²) in [6.07, 6.45) is 0.793. The predicted octanol–water partition coefficient (Wildman–Crippen LogP) is 0.858. The van der Waals surface area contributed by atoms with Crippen molar-refractivity contribution in [2.24, 2.45) is 0 Å². The summed E-state index contributed by atoms with van der Waals surface area (Å²) in [6.45, 7) is 4.38. The van der Waals surface area contributed by atoms with Crippen molar-refractivity contribution in [2.75, 3.05) is 33.4 Å². The SMILES string of the molecule is COCCc1ccc(S(=O)(=O)N2CCNC(C)C2)cc1. The Morgan fingerprint density at radius 3 is 2.65 bits per heavy atom. The van der Waals surface area contributed by atoms with Crippen molar-refractivity contribution in [1.29, 1.82) is 0 Å². The average molecular weight is 298 g/mol. The number of piperazine rings is 1. The third kappa shape index (κ3) is 3.58. The zero-order valence-corrected chi connectivity index (χ0v) is 12.8. The molecule has 6 heteroatoms. The molecule has 0 bridgehead atoms. The number of benzene rings is 1. The molecule has 1 atom stereocenters. The van der Waals surface area contributed by atoms with Crippen LogP contribution in [0.4, 0.5) is 0 Å². The van der Waals surface area contributed by atoms with E-state index in [0.717, 1.165) is 12.0 Å². The second kappa shape index (κ2) is 6.67. The molecule has 0 radical (unpaired) electrons. The van der Waals surface area contributed by atoms with E-state index in [1.54, 1.807) is 23.5 Å². The molecule has 0 spiro atoms. The van der Waals surface area contributed by atoms with Crippen molar-refractivity contribution in [2.45, 2.75) is 24.3 Å². The largest absolute Gasteiger partial charge is 0.384 e. The number of nitrogens with one attached hydrogen (secondary N) is 1. The molecule has 0 amide bonds. The lowest BCUT2D eigenvalue weighted by Crippen LogP contribution is -2.51. The van der Waals surface area contributed by atoms with Crippen molar-refractivity contribution in [1.82, 2.24) is 9.62 Å². The fourth-order valence-corrected chi connectivity index (χ4v) is 3.84. The molecule has 1 aliphatic rings. The topological polar surface area (TPSA) is 58.6 Å². The Balaban J connectivity index is 2.12. The second-order valence-corrected chi connectivity index (χ2v) is 7.04. The smallest absolute Gasteiger partial charge is 0.243 e. The van der Waals surface area contributed by atoms with E-state index in [1.165, 1.54) is 0 Å². The molecule has 112 valence electrons. The van der Waals surface area contributed by atoms with Crippen LogP contribution in [0, 0.1) is 0 Å². The Morgan fingerprint density at radius 2 is 2.05 bits per heavy atom. The van der Waals surface area contributed by atoms with Gasteiger partial charge in [-0.15, -0.1) is 0 Å². The minimum Gasteiger partial charge on any atom is -0.384 e. The molecule has 1 fully saturated rings. The summed E-state index contributed by atoms with van der Waals surface area (Å²) < 4.78 is 31.6. The highest BCUT2D eigenvalue weighted by Crippen LogP contribution is 2.18. The van der Waals surface area contributed by atoms with Crippen molar-refractivity contribution < 1.29 is 13.2 Å². The molecule has 0 aromatic heterocycles. The van der Waals surface area contributed by atoms with E-state index in [4.69, 9.17) is 4.74 Å². The van der Waals surface area contributed by atoms with Gasteiger partial charge in [-0.2, -0.15) is 4.31 Å². The van der Waals surface area contributed by atoms with Crippen LogP contribution in [0.25, 0.3) is 0 Å². The van der Waals surface area contributed by atoms with Crippen molar-refractivity contribution >= 4 is 10.0 Å². The first-order valence-corrected chi connectivity index (χ1v) is 8.29. The van der Waals surface area contributed by atoms with Gasteiger partial charge in [-0.3, -0.25) is 0 Å². The zero-order valence-electron chi connectivity index (χ0n) is 12.0. The quantitative estimate of drug-likeness (QED) is 0.876. The average Bonchev–Trinajstić information content (AvgIpc) is 2.45. The van der Waals surface area contributed by atoms with E-state index >= 15 is 0 Å². The number of methoxy groups -OCH3 is 1. The fourth-order valence-electron chi connectivity index (χ4n) is 2.31. The molecule has 1 N–H and O–H groups in total. The summed E-state index contributed by atoms with van der Waals surface area (Å²) in [6, 6.07) is 7.29. The van der Waals surface area contributed by atoms with Crippen LogP contribution in [0.3, 0.4) is 0 Å². The van der Waals surface area contributed by atoms with Crippen LogP contribution >= 0.6 is 0 Å². The molecule has 5 nitrogen and oxygen atoms in total. The van der Waals surface area contributed by atoms with E-state index in [1.807, 2.05) is 19.1 Å². The first-order chi connectivity index (χ1) is 9.54. The van der Waals surface area contributed by atoms with Crippen molar-refractivity contribution in [3.8, 4) is 0 Å². The number of ether oxygens (including phenoxy) is 1. The summed E-state index contributed by atoms with van der Waals surface area (Å²) in [5.41, 5.74) is 1.08. The number of rotatable bonds is 5. The van der Waals surface area contributed by atoms with Crippen molar-refractivity contribution in [3.05, 3.63) is 29.8 Å². The van der Waals surface area contributed by atoms with Gasteiger partial charge in [-0.05, 0) is 31.0 Å². The Kier molecular flexibility index (Phi) is 5.15. The van der Waals surface area contributed by atoms with Gasteiger partial charge in [-0.25, -0.2) is 8.42 Å². The minimum atomic E-state index is -3.37. The van der Waals surface area contributed by atoms with E-state index in [9.17, 15) is 8.42 Å². The summed E-state index contributed by atoms with van der Waals surface area (Å²) in [5, 5.41) is 3.25. The highest BCUT2D eigenvalue weighted by Gasteiger charge is 2.28. The fraction of sp³-hybridized carbons (Fsp3) is 0.571.